The zero-order chi connectivity index (χ0) is 13.0. The second-order valence-electron chi connectivity index (χ2n) is 5.19. The number of hydrogen-bond donors (Lipinski definition) is 1. The Morgan fingerprint density at radius 3 is 3.11 bits per heavy atom. The fourth-order valence-electron chi connectivity index (χ4n) is 2.09. The highest BCUT2D eigenvalue weighted by molar-refractivity contribution is 8.00. The van der Waals surface area contributed by atoms with Crippen molar-refractivity contribution in [1.82, 2.24) is 10.3 Å². The molecule has 18 heavy (non-hydrogen) atoms. The molecule has 0 aromatic carbocycles. The molecule has 1 unspecified atom stereocenters. The van der Waals surface area contributed by atoms with Crippen LogP contribution in [0.3, 0.4) is 0 Å². The monoisotopic (exact) mass is 265 g/mol. The van der Waals surface area contributed by atoms with E-state index in [1.54, 1.807) is 0 Å². The summed E-state index contributed by atoms with van der Waals surface area (Å²) in [5.74, 6) is 2.34. The summed E-state index contributed by atoms with van der Waals surface area (Å²) in [6, 6.07) is 4.84. The van der Waals surface area contributed by atoms with Crippen LogP contribution in [-0.4, -0.2) is 35.1 Å². The molecule has 1 saturated heterocycles. The van der Waals surface area contributed by atoms with Gasteiger partial charge in [0.2, 0.25) is 0 Å². The van der Waals surface area contributed by atoms with Gasteiger partial charge in [0.05, 0.1) is 0 Å². The number of thioether (sulfide) groups is 1. The maximum atomic E-state index is 4.51. The summed E-state index contributed by atoms with van der Waals surface area (Å²) in [5, 5.41) is 4.16. The van der Waals surface area contributed by atoms with Crippen molar-refractivity contribution < 1.29 is 0 Å². The van der Waals surface area contributed by atoms with Gasteiger partial charge in [0.25, 0.3) is 0 Å². The normalized spacial score (nSPS) is 20.4. The van der Waals surface area contributed by atoms with Crippen LogP contribution in [0.4, 0.5) is 5.82 Å². The van der Waals surface area contributed by atoms with Gasteiger partial charge in [-0.2, -0.15) is 11.8 Å². The molecule has 0 spiro atoms. The van der Waals surface area contributed by atoms with E-state index < -0.39 is 0 Å². The standard InChI is InChI=1S/C14H23N3S/c1-11(2)16-9-13-4-5-15-14(8-13)17-6-7-18-12(3)10-17/h4-5,8,11-12,16H,6-7,9-10H2,1-3H3. The molecule has 1 aliphatic rings. The van der Waals surface area contributed by atoms with E-state index in [1.165, 1.54) is 11.3 Å². The lowest BCUT2D eigenvalue weighted by Gasteiger charge is -2.31. The van der Waals surface area contributed by atoms with Crippen LogP contribution in [0.25, 0.3) is 0 Å². The molecule has 0 bridgehead atoms. The summed E-state index contributed by atoms with van der Waals surface area (Å²) in [4.78, 5) is 6.92. The fourth-order valence-corrected chi connectivity index (χ4v) is 3.11. The highest BCUT2D eigenvalue weighted by Gasteiger charge is 2.17. The average molecular weight is 265 g/mol. The quantitative estimate of drug-likeness (QED) is 0.905. The van der Waals surface area contributed by atoms with Crippen molar-refractivity contribution in [3.8, 4) is 0 Å². The topological polar surface area (TPSA) is 28.2 Å². The number of nitrogens with zero attached hydrogens (tertiary/aromatic N) is 2. The molecule has 3 nitrogen and oxygen atoms in total. The van der Waals surface area contributed by atoms with E-state index in [2.05, 4.69) is 59.9 Å². The Balaban J connectivity index is 2.02. The molecule has 4 heteroatoms. The van der Waals surface area contributed by atoms with Crippen LogP contribution in [0.1, 0.15) is 26.3 Å². The minimum atomic E-state index is 0.521. The van der Waals surface area contributed by atoms with Gasteiger partial charge in [-0.15, -0.1) is 0 Å². The van der Waals surface area contributed by atoms with Crippen LogP contribution in [-0.2, 0) is 6.54 Å². The van der Waals surface area contributed by atoms with E-state index in [-0.39, 0.29) is 0 Å². The number of pyridine rings is 1. The van der Waals surface area contributed by atoms with Gasteiger partial charge in [0.15, 0.2) is 0 Å². The maximum absolute atomic E-state index is 4.51. The molecule has 1 atom stereocenters. The first kappa shape index (κ1) is 13.7. The number of rotatable bonds is 4. The summed E-state index contributed by atoms with van der Waals surface area (Å²) in [6.07, 6.45) is 1.93. The van der Waals surface area contributed by atoms with Crippen LogP contribution in [0.5, 0.6) is 0 Å². The van der Waals surface area contributed by atoms with Gasteiger partial charge in [-0.05, 0) is 17.7 Å². The summed E-state index contributed by atoms with van der Waals surface area (Å²) < 4.78 is 0. The summed E-state index contributed by atoms with van der Waals surface area (Å²) in [7, 11) is 0. The molecular weight excluding hydrogens is 242 g/mol. The first-order valence-electron chi connectivity index (χ1n) is 6.70. The Morgan fingerprint density at radius 2 is 2.39 bits per heavy atom. The van der Waals surface area contributed by atoms with E-state index >= 15 is 0 Å². The van der Waals surface area contributed by atoms with Gasteiger partial charge in [0, 0.05) is 42.9 Å². The smallest absolute Gasteiger partial charge is 0.128 e. The highest BCUT2D eigenvalue weighted by Crippen LogP contribution is 2.22. The number of anilines is 1. The van der Waals surface area contributed by atoms with Crippen LogP contribution < -0.4 is 10.2 Å². The number of hydrogen-bond acceptors (Lipinski definition) is 4. The van der Waals surface area contributed by atoms with Gasteiger partial charge < -0.3 is 10.2 Å². The summed E-state index contributed by atoms with van der Waals surface area (Å²) in [6.45, 7) is 9.78. The Morgan fingerprint density at radius 1 is 1.56 bits per heavy atom. The zero-order valence-corrected chi connectivity index (χ0v) is 12.3. The maximum Gasteiger partial charge on any atom is 0.128 e. The molecule has 0 aliphatic carbocycles. The second-order valence-corrected chi connectivity index (χ2v) is 6.73. The number of nitrogens with one attached hydrogen (secondary N) is 1. The molecular formula is C14H23N3S. The largest absolute Gasteiger partial charge is 0.355 e. The second kappa shape index (κ2) is 6.43. The van der Waals surface area contributed by atoms with Crippen molar-refractivity contribution in [2.45, 2.75) is 38.6 Å². The Bertz CT molecular complexity index is 381. The van der Waals surface area contributed by atoms with Gasteiger partial charge in [-0.1, -0.05) is 20.8 Å². The third-order valence-electron chi connectivity index (χ3n) is 3.09. The van der Waals surface area contributed by atoms with Gasteiger partial charge in [0.1, 0.15) is 5.82 Å². The first-order chi connectivity index (χ1) is 8.65. The van der Waals surface area contributed by atoms with Gasteiger partial charge in [-0.25, -0.2) is 4.98 Å². The molecule has 0 amide bonds. The minimum Gasteiger partial charge on any atom is -0.355 e. The third kappa shape index (κ3) is 3.89. The highest BCUT2D eigenvalue weighted by atomic mass is 32.2. The molecule has 1 aromatic heterocycles. The van der Waals surface area contributed by atoms with Crippen LogP contribution in [0, 0.1) is 0 Å². The molecule has 2 rings (SSSR count). The zero-order valence-electron chi connectivity index (χ0n) is 11.5. The van der Waals surface area contributed by atoms with Crippen molar-refractivity contribution in [1.29, 1.82) is 0 Å². The van der Waals surface area contributed by atoms with Crippen LogP contribution in [0.15, 0.2) is 18.3 Å². The predicted octanol–water partition coefficient (Wildman–Crippen LogP) is 2.52. The molecule has 1 aromatic rings. The molecule has 100 valence electrons. The van der Waals surface area contributed by atoms with E-state index in [9.17, 15) is 0 Å². The third-order valence-corrected chi connectivity index (χ3v) is 4.23. The van der Waals surface area contributed by atoms with E-state index in [0.717, 1.165) is 25.5 Å². The lowest BCUT2D eigenvalue weighted by molar-refractivity contribution is 0.588. The minimum absolute atomic E-state index is 0.521. The van der Waals surface area contributed by atoms with Crippen molar-refractivity contribution in [3.63, 3.8) is 0 Å². The molecule has 1 aliphatic heterocycles. The van der Waals surface area contributed by atoms with Gasteiger partial charge >= 0.3 is 0 Å². The summed E-state index contributed by atoms with van der Waals surface area (Å²) >= 11 is 2.05. The SMILES string of the molecule is CC(C)NCc1ccnc(N2CCSC(C)C2)c1. The molecule has 1 fully saturated rings. The van der Waals surface area contributed by atoms with E-state index in [4.69, 9.17) is 0 Å². The molecule has 2 heterocycles. The van der Waals surface area contributed by atoms with Gasteiger partial charge in [-0.3, -0.25) is 0 Å². The fraction of sp³-hybridized carbons (Fsp3) is 0.643. The number of aromatic nitrogens is 1. The van der Waals surface area contributed by atoms with Crippen molar-refractivity contribution in [2.24, 2.45) is 0 Å². The average Bonchev–Trinajstić information content (AvgIpc) is 2.37. The lowest BCUT2D eigenvalue weighted by Crippen LogP contribution is -2.37. The van der Waals surface area contributed by atoms with Crippen molar-refractivity contribution >= 4 is 17.6 Å². The predicted molar refractivity (Wildman–Crippen MR) is 80.3 cm³/mol. The van der Waals surface area contributed by atoms with E-state index in [0.29, 0.717) is 11.3 Å². The Hall–Kier alpha value is -0.740. The van der Waals surface area contributed by atoms with E-state index in [1.807, 2.05) is 6.20 Å². The Kier molecular flexibility index (Phi) is 4.89. The Labute approximate surface area is 114 Å². The summed E-state index contributed by atoms with van der Waals surface area (Å²) in [5.41, 5.74) is 1.32. The van der Waals surface area contributed by atoms with Crippen molar-refractivity contribution in [2.75, 3.05) is 23.7 Å². The lowest BCUT2D eigenvalue weighted by atomic mass is 10.2. The van der Waals surface area contributed by atoms with Crippen LogP contribution >= 0.6 is 11.8 Å². The first-order valence-corrected chi connectivity index (χ1v) is 7.75. The molecule has 0 radical (unpaired) electrons. The molecule has 1 N–H and O–H groups in total. The van der Waals surface area contributed by atoms with Crippen molar-refractivity contribution in [3.05, 3.63) is 23.9 Å². The van der Waals surface area contributed by atoms with Crippen LogP contribution in [0.2, 0.25) is 0 Å². The molecule has 0 saturated carbocycles.